The van der Waals surface area contributed by atoms with E-state index < -0.39 is 5.97 Å². The Balaban J connectivity index is 1.50. The molecule has 0 saturated carbocycles. The van der Waals surface area contributed by atoms with E-state index in [9.17, 15) is 9.18 Å². The number of aromatic nitrogens is 1. The van der Waals surface area contributed by atoms with Crippen LogP contribution in [-0.4, -0.2) is 16.1 Å². The SMILES string of the molecule is CCC(CC(=O)O)c1ccc(OCc2cc(F)ccc2-c2ccc3c(c2)CC3)cn1. The van der Waals surface area contributed by atoms with Crippen LogP contribution < -0.4 is 4.74 Å². The molecule has 0 aliphatic heterocycles. The quantitative estimate of drug-likeness (QED) is 0.535. The highest BCUT2D eigenvalue weighted by Gasteiger charge is 2.16. The lowest BCUT2D eigenvalue weighted by Gasteiger charge is -2.20. The highest BCUT2D eigenvalue weighted by molar-refractivity contribution is 5.69. The van der Waals surface area contributed by atoms with Crippen molar-refractivity contribution < 1.29 is 19.0 Å². The van der Waals surface area contributed by atoms with Gasteiger partial charge in [0, 0.05) is 11.6 Å². The Kier molecular flexibility index (Phi) is 5.79. The van der Waals surface area contributed by atoms with Crippen molar-refractivity contribution in [2.24, 2.45) is 0 Å². The van der Waals surface area contributed by atoms with Gasteiger partial charge in [-0.1, -0.05) is 31.2 Å². The molecule has 30 heavy (non-hydrogen) atoms. The normalized spacial score (nSPS) is 13.3. The van der Waals surface area contributed by atoms with E-state index in [1.807, 2.05) is 6.92 Å². The lowest BCUT2D eigenvalue weighted by atomic mass is 9.85. The Morgan fingerprint density at radius 2 is 1.97 bits per heavy atom. The summed E-state index contributed by atoms with van der Waals surface area (Å²) in [5.74, 6) is -0.689. The second-order valence-electron chi connectivity index (χ2n) is 7.70. The van der Waals surface area contributed by atoms with Gasteiger partial charge in [0.15, 0.2) is 0 Å². The Morgan fingerprint density at radius 3 is 2.60 bits per heavy atom. The molecule has 1 N–H and O–H groups in total. The van der Waals surface area contributed by atoms with Gasteiger partial charge < -0.3 is 9.84 Å². The van der Waals surface area contributed by atoms with E-state index in [0.29, 0.717) is 12.2 Å². The highest BCUT2D eigenvalue weighted by Crippen LogP contribution is 2.32. The molecule has 0 radical (unpaired) electrons. The third-order valence-electron chi connectivity index (χ3n) is 5.73. The van der Waals surface area contributed by atoms with Crippen LogP contribution in [-0.2, 0) is 24.2 Å². The van der Waals surface area contributed by atoms with Crippen molar-refractivity contribution in [3.05, 3.63) is 82.9 Å². The van der Waals surface area contributed by atoms with Crippen molar-refractivity contribution in [1.82, 2.24) is 4.98 Å². The van der Waals surface area contributed by atoms with Gasteiger partial charge in [-0.3, -0.25) is 9.78 Å². The molecule has 154 valence electrons. The number of aliphatic carboxylic acids is 1. The van der Waals surface area contributed by atoms with Crippen LogP contribution >= 0.6 is 0 Å². The van der Waals surface area contributed by atoms with Crippen LogP contribution in [0.1, 0.15) is 48.1 Å². The van der Waals surface area contributed by atoms with Crippen molar-refractivity contribution in [3.8, 4) is 16.9 Å². The monoisotopic (exact) mass is 405 g/mol. The molecule has 4 rings (SSSR count). The first kappa shape index (κ1) is 20.1. The summed E-state index contributed by atoms with van der Waals surface area (Å²) < 4.78 is 19.8. The molecule has 0 fully saturated rings. The molecule has 3 aromatic rings. The van der Waals surface area contributed by atoms with Crippen LogP contribution in [0.15, 0.2) is 54.7 Å². The van der Waals surface area contributed by atoms with Gasteiger partial charge in [-0.05, 0) is 71.3 Å². The topological polar surface area (TPSA) is 59.4 Å². The molecule has 2 aromatic carbocycles. The predicted octanol–water partition coefficient (Wildman–Crippen LogP) is 5.53. The van der Waals surface area contributed by atoms with E-state index in [-0.39, 0.29) is 24.8 Å². The van der Waals surface area contributed by atoms with Crippen LogP contribution in [0.2, 0.25) is 0 Å². The van der Waals surface area contributed by atoms with Crippen molar-refractivity contribution in [2.45, 2.75) is 45.1 Å². The standard InChI is InChI=1S/C25H24FNO3/c1-2-16(13-25(28)29)24-10-8-22(14-27-24)30-15-20-12-21(26)7-9-23(20)19-6-4-17-3-5-18(17)11-19/h4,6-12,14,16H,2-3,5,13,15H2,1H3,(H,28,29). The maximum atomic E-state index is 13.9. The zero-order chi connectivity index (χ0) is 21.1. The summed E-state index contributed by atoms with van der Waals surface area (Å²) in [5.41, 5.74) is 6.29. The summed E-state index contributed by atoms with van der Waals surface area (Å²) in [6.45, 7) is 2.17. The fourth-order valence-corrected chi connectivity index (χ4v) is 3.87. The Morgan fingerprint density at radius 1 is 1.13 bits per heavy atom. The number of carboxylic acids is 1. The smallest absolute Gasteiger partial charge is 0.304 e. The molecule has 0 amide bonds. The minimum Gasteiger partial charge on any atom is -0.487 e. The van der Waals surface area contributed by atoms with Crippen LogP contribution in [0.5, 0.6) is 5.75 Å². The first-order valence-corrected chi connectivity index (χ1v) is 10.2. The zero-order valence-corrected chi connectivity index (χ0v) is 16.9. The number of carbonyl (C=O) groups is 1. The van der Waals surface area contributed by atoms with E-state index in [2.05, 4.69) is 23.2 Å². The summed E-state index contributed by atoms with van der Waals surface area (Å²) in [6, 6.07) is 14.8. The molecule has 0 saturated heterocycles. The van der Waals surface area contributed by atoms with Gasteiger partial charge >= 0.3 is 5.97 Å². The number of benzene rings is 2. The van der Waals surface area contributed by atoms with Crippen molar-refractivity contribution in [3.63, 3.8) is 0 Å². The van der Waals surface area contributed by atoms with E-state index in [4.69, 9.17) is 9.84 Å². The van der Waals surface area contributed by atoms with Gasteiger partial charge in [0.05, 0.1) is 12.6 Å². The maximum absolute atomic E-state index is 13.9. The average Bonchev–Trinajstić information content (AvgIpc) is 2.72. The fourth-order valence-electron chi connectivity index (χ4n) is 3.87. The molecule has 1 heterocycles. The molecule has 1 atom stereocenters. The van der Waals surface area contributed by atoms with Gasteiger partial charge in [0.1, 0.15) is 18.2 Å². The number of fused-ring (bicyclic) bond motifs is 1. The fraction of sp³-hybridized carbons (Fsp3) is 0.280. The first-order chi connectivity index (χ1) is 14.5. The second kappa shape index (κ2) is 8.66. The molecule has 1 aromatic heterocycles. The lowest BCUT2D eigenvalue weighted by Crippen LogP contribution is -2.08. The van der Waals surface area contributed by atoms with Gasteiger partial charge in [0.2, 0.25) is 0 Å². The molecule has 0 spiro atoms. The molecule has 1 aliphatic rings. The van der Waals surface area contributed by atoms with Crippen molar-refractivity contribution >= 4 is 5.97 Å². The van der Waals surface area contributed by atoms with Gasteiger partial charge in [0.25, 0.3) is 0 Å². The van der Waals surface area contributed by atoms with E-state index >= 15 is 0 Å². The summed E-state index contributed by atoms with van der Waals surface area (Å²) in [5, 5.41) is 9.04. The number of ether oxygens (including phenoxy) is 1. The van der Waals surface area contributed by atoms with Crippen molar-refractivity contribution in [2.75, 3.05) is 0 Å². The Bertz CT molecular complexity index is 1060. The Labute approximate surface area is 175 Å². The molecule has 5 heteroatoms. The van der Waals surface area contributed by atoms with E-state index in [0.717, 1.165) is 35.2 Å². The molecule has 4 nitrogen and oxygen atoms in total. The van der Waals surface area contributed by atoms with Crippen LogP contribution in [0.25, 0.3) is 11.1 Å². The number of rotatable bonds is 8. The number of halogens is 1. The molecular weight excluding hydrogens is 381 g/mol. The number of hydrogen-bond donors (Lipinski definition) is 1. The van der Waals surface area contributed by atoms with Gasteiger partial charge in [-0.25, -0.2) is 4.39 Å². The van der Waals surface area contributed by atoms with Gasteiger partial charge in [-0.15, -0.1) is 0 Å². The lowest BCUT2D eigenvalue weighted by molar-refractivity contribution is -0.137. The van der Waals surface area contributed by atoms with Crippen LogP contribution in [0.3, 0.4) is 0 Å². The second-order valence-corrected chi connectivity index (χ2v) is 7.70. The Hall–Kier alpha value is -3.21. The molecule has 1 aliphatic carbocycles. The minimum atomic E-state index is -0.835. The summed E-state index contributed by atoms with van der Waals surface area (Å²) >= 11 is 0. The molecular formula is C25H24FNO3. The molecule has 0 bridgehead atoms. The average molecular weight is 405 g/mol. The largest absolute Gasteiger partial charge is 0.487 e. The van der Waals surface area contributed by atoms with E-state index in [1.54, 1.807) is 24.4 Å². The highest BCUT2D eigenvalue weighted by atomic mass is 19.1. The summed E-state index contributed by atoms with van der Waals surface area (Å²) in [6.07, 6.45) is 4.58. The number of hydrogen-bond acceptors (Lipinski definition) is 3. The third kappa shape index (κ3) is 4.35. The van der Waals surface area contributed by atoms with Crippen LogP contribution in [0.4, 0.5) is 4.39 Å². The van der Waals surface area contributed by atoms with Crippen LogP contribution in [0, 0.1) is 5.82 Å². The van der Waals surface area contributed by atoms with Gasteiger partial charge in [-0.2, -0.15) is 0 Å². The number of nitrogens with zero attached hydrogens (tertiary/aromatic N) is 1. The zero-order valence-electron chi connectivity index (χ0n) is 16.9. The molecule has 1 unspecified atom stereocenters. The predicted molar refractivity (Wildman–Crippen MR) is 113 cm³/mol. The number of aryl methyl sites for hydroxylation is 2. The van der Waals surface area contributed by atoms with E-state index in [1.165, 1.54) is 23.3 Å². The summed E-state index contributed by atoms with van der Waals surface area (Å²) in [4.78, 5) is 15.4. The first-order valence-electron chi connectivity index (χ1n) is 10.2. The maximum Gasteiger partial charge on any atom is 0.304 e. The number of pyridine rings is 1. The third-order valence-corrected chi connectivity index (χ3v) is 5.73. The summed E-state index contributed by atoms with van der Waals surface area (Å²) in [7, 11) is 0. The minimum absolute atomic E-state index is 0.0527. The van der Waals surface area contributed by atoms with Crippen molar-refractivity contribution in [1.29, 1.82) is 0 Å². The number of carboxylic acid groups (broad SMARTS) is 1.